The van der Waals surface area contributed by atoms with Gasteiger partial charge in [0.15, 0.2) is 0 Å². The third-order valence-corrected chi connectivity index (χ3v) is 5.55. The highest BCUT2D eigenvalue weighted by Crippen LogP contribution is 2.26. The van der Waals surface area contributed by atoms with E-state index in [1.165, 1.54) is 6.08 Å². The summed E-state index contributed by atoms with van der Waals surface area (Å²) in [6, 6.07) is 15.0. The first-order valence-electron chi connectivity index (χ1n) is 7.50. The molecule has 0 saturated heterocycles. The van der Waals surface area contributed by atoms with Crippen molar-refractivity contribution in [2.45, 2.75) is 19.0 Å². The Morgan fingerprint density at radius 2 is 1.67 bits per heavy atom. The molecule has 5 nitrogen and oxygen atoms in total. The molecule has 6 heteroatoms. The number of nitrogens with zero attached hydrogens (tertiary/aromatic N) is 1. The van der Waals surface area contributed by atoms with E-state index in [-0.39, 0.29) is 13.0 Å². The molecule has 1 aliphatic heterocycles. The number of hydrogen-bond acceptors (Lipinski definition) is 4. The van der Waals surface area contributed by atoms with Crippen LogP contribution in [0.1, 0.15) is 16.7 Å². The summed E-state index contributed by atoms with van der Waals surface area (Å²) in [7, 11) is -3.89. The second-order valence-corrected chi connectivity index (χ2v) is 7.38. The first kappa shape index (κ1) is 16.4. The Labute approximate surface area is 140 Å². The van der Waals surface area contributed by atoms with Crippen molar-refractivity contribution in [3.05, 3.63) is 76.7 Å². The Hall–Kier alpha value is -2.44. The van der Waals surface area contributed by atoms with E-state index < -0.39 is 22.0 Å². The number of benzene rings is 2. The highest BCUT2D eigenvalue weighted by Gasteiger charge is 2.34. The number of carboxylic acids is 1. The van der Waals surface area contributed by atoms with E-state index in [1.54, 1.807) is 24.3 Å². The SMILES string of the molecule is O=C([O-])[C@H]1Cc2ccccc2CN1S(=O)(=O)/C=C/c1ccccc1. The van der Waals surface area contributed by atoms with Gasteiger partial charge in [-0.2, -0.15) is 4.31 Å². The molecule has 24 heavy (non-hydrogen) atoms. The minimum absolute atomic E-state index is 0.0241. The van der Waals surface area contributed by atoms with E-state index in [2.05, 4.69) is 0 Å². The Kier molecular flexibility index (Phi) is 4.51. The number of fused-ring (bicyclic) bond motifs is 1. The first-order valence-corrected chi connectivity index (χ1v) is 9.00. The van der Waals surface area contributed by atoms with Gasteiger partial charge in [-0.3, -0.25) is 0 Å². The van der Waals surface area contributed by atoms with Gasteiger partial charge in [-0.1, -0.05) is 54.6 Å². The van der Waals surface area contributed by atoms with Crippen molar-refractivity contribution in [2.24, 2.45) is 0 Å². The molecule has 0 aromatic heterocycles. The third-order valence-electron chi connectivity index (χ3n) is 4.04. The molecule has 1 aliphatic rings. The fourth-order valence-electron chi connectivity index (χ4n) is 2.77. The highest BCUT2D eigenvalue weighted by atomic mass is 32.2. The van der Waals surface area contributed by atoms with Crippen molar-refractivity contribution in [3.8, 4) is 0 Å². The van der Waals surface area contributed by atoms with Crippen LogP contribution in [0.2, 0.25) is 0 Å². The lowest BCUT2D eigenvalue weighted by atomic mass is 9.96. The summed E-state index contributed by atoms with van der Waals surface area (Å²) in [6.45, 7) is 0.0241. The molecule has 0 radical (unpaired) electrons. The van der Waals surface area contributed by atoms with Gasteiger partial charge in [0.05, 0.1) is 12.0 Å². The lowest BCUT2D eigenvalue weighted by Crippen LogP contribution is -2.52. The fraction of sp³-hybridized carbons (Fsp3) is 0.167. The lowest BCUT2D eigenvalue weighted by Gasteiger charge is -2.35. The number of carbonyl (C=O) groups excluding carboxylic acids is 1. The molecule has 124 valence electrons. The van der Waals surface area contributed by atoms with Crippen molar-refractivity contribution in [1.82, 2.24) is 4.31 Å². The predicted molar refractivity (Wildman–Crippen MR) is 88.9 cm³/mol. The number of carbonyl (C=O) groups is 1. The Morgan fingerprint density at radius 1 is 1.04 bits per heavy atom. The van der Waals surface area contributed by atoms with Crippen LogP contribution in [-0.4, -0.2) is 24.7 Å². The molecular weight excluding hydrogens is 326 g/mol. The van der Waals surface area contributed by atoms with Crippen molar-refractivity contribution in [1.29, 1.82) is 0 Å². The summed E-state index contributed by atoms with van der Waals surface area (Å²) in [5.74, 6) is -1.39. The summed E-state index contributed by atoms with van der Waals surface area (Å²) in [5.41, 5.74) is 2.38. The Bertz CT molecular complexity index is 875. The van der Waals surface area contributed by atoms with E-state index in [0.717, 1.165) is 26.4 Å². The zero-order valence-electron chi connectivity index (χ0n) is 12.8. The van der Waals surface area contributed by atoms with Crippen LogP contribution < -0.4 is 5.11 Å². The van der Waals surface area contributed by atoms with E-state index in [0.29, 0.717) is 0 Å². The molecule has 2 aromatic rings. The van der Waals surface area contributed by atoms with Gasteiger partial charge in [0.25, 0.3) is 0 Å². The molecule has 0 unspecified atom stereocenters. The molecule has 3 rings (SSSR count). The topological polar surface area (TPSA) is 77.5 Å². The monoisotopic (exact) mass is 342 g/mol. The van der Waals surface area contributed by atoms with E-state index in [4.69, 9.17) is 0 Å². The quantitative estimate of drug-likeness (QED) is 0.835. The van der Waals surface area contributed by atoms with Gasteiger partial charge in [-0.25, -0.2) is 8.42 Å². The second kappa shape index (κ2) is 6.59. The van der Waals surface area contributed by atoms with Gasteiger partial charge < -0.3 is 9.90 Å². The van der Waals surface area contributed by atoms with E-state index in [1.807, 2.05) is 30.3 Å². The molecule has 0 fully saturated rings. The fourth-order valence-corrected chi connectivity index (χ4v) is 4.09. The highest BCUT2D eigenvalue weighted by molar-refractivity contribution is 7.92. The minimum atomic E-state index is -3.89. The molecule has 0 spiro atoms. The van der Waals surface area contributed by atoms with Crippen LogP contribution in [0.15, 0.2) is 60.0 Å². The summed E-state index contributed by atoms with van der Waals surface area (Å²) in [6.07, 6.45) is 1.57. The van der Waals surface area contributed by atoms with Crippen LogP contribution in [0.4, 0.5) is 0 Å². The van der Waals surface area contributed by atoms with Crippen LogP contribution >= 0.6 is 0 Å². The third kappa shape index (κ3) is 3.39. The van der Waals surface area contributed by atoms with Gasteiger partial charge in [-0.05, 0) is 29.2 Å². The summed E-state index contributed by atoms with van der Waals surface area (Å²) >= 11 is 0. The van der Waals surface area contributed by atoms with Crippen LogP contribution in [0.3, 0.4) is 0 Å². The maximum Gasteiger partial charge on any atom is 0.237 e. The van der Waals surface area contributed by atoms with Crippen molar-refractivity contribution in [3.63, 3.8) is 0 Å². The van der Waals surface area contributed by atoms with Crippen LogP contribution in [0, 0.1) is 0 Å². The summed E-state index contributed by atoms with van der Waals surface area (Å²) in [5, 5.41) is 12.5. The average molecular weight is 342 g/mol. The maximum atomic E-state index is 12.6. The second-order valence-electron chi connectivity index (χ2n) is 5.61. The van der Waals surface area contributed by atoms with E-state index in [9.17, 15) is 18.3 Å². The molecule has 0 N–H and O–H groups in total. The number of rotatable bonds is 4. The Morgan fingerprint density at radius 3 is 2.33 bits per heavy atom. The molecule has 1 atom stereocenters. The predicted octanol–water partition coefficient (Wildman–Crippen LogP) is 1.16. The van der Waals surface area contributed by atoms with Crippen LogP contribution in [0.5, 0.6) is 0 Å². The molecule has 0 bridgehead atoms. The number of hydrogen-bond donors (Lipinski definition) is 0. The van der Waals surface area contributed by atoms with Gasteiger partial charge in [0.1, 0.15) is 0 Å². The summed E-state index contributed by atoms with van der Waals surface area (Å²) < 4.78 is 26.3. The van der Waals surface area contributed by atoms with Crippen molar-refractivity contribution >= 4 is 22.1 Å². The number of sulfonamides is 1. The van der Waals surface area contributed by atoms with E-state index >= 15 is 0 Å². The number of aliphatic carboxylic acids is 1. The first-order chi connectivity index (χ1) is 11.5. The zero-order chi connectivity index (χ0) is 17.2. The lowest BCUT2D eigenvalue weighted by molar-refractivity contribution is -0.310. The standard InChI is InChI=1S/C18H17NO4S/c20-18(21)17-12-15-8-4-5-9-16(15)13-19(17)24(22,23)11-10-14-6-2-1-3-7-14/h1-11,17H,12-13H2,(H,20,21)/p-1/b11-10+/t17-/m1/s1. The van der Waals surface area contributed by atoms with Crippen LogP contribution in [0.25, 0.3) is 6.08 Å². The Balaban J connectivity index is 1.93. The zero-order valence-corrected chi connectivity index (χ0v) is 13.6. The van der Waals surface area contributed by atoms with Gasteiger partial charge in [0, 0.05) is 12.0 Å². The normalized spacial score (nSPS) is 18.4. The van der Waals surface area contributed by atoms with Crippen molar-refractivity contribution in [2.75, 3.05) is 0 Å². The largest absolute Gasteiger partial charge is 0.548 e. The molecule has 0 amide bonds. The minimum Gasteiger partial charge on any atom is -0.548 e. The van der Waals surface area contributed by atoms with Gasteiger partial charge in [-0.15, -0.1) is 0 Å². The average Bonchev–Trinajstić information content (AvgIpc) is 2.60. The molecule has 2 aromatic carbocycles. The molecule has 0 saturated carbocycles. The molecule has 1 heterocycles. The van der Waals surface area contributed by atoms with Crippen LogP contribution in [-0.2, 0) is 27.8 Å². The summed E-state index contributed by atoms with van der Waals surface area (Å²) in [4.78, 5) is 11.5. The molecular formula is C18H16NO4S-. The smallest absolute Gasteiger partial charge is 0.237 e. The van der Waals surface area contributed by atoms with Gasteiger partial charge >= 0.3 is 0 Å². The van der Waals surface area contributed by atoms with Gasteiger partial charge in [0.2, 0.25) is 10.0 Å². The maximum absolute atomic E-state index is 12.6. The number of carboxylic acid groups (broad SMARTS) is 1. The molecule has 0 aliphatic carbocycles. The van der Waals surface area contributed by atoms with Crippen molar-refractivity contribution < 1.29 is 18.3 Å².